The zero-order chi connectivity index (χ0) is 22.0. The highest BCUT2D eigenvalue weighted by molar-refractivity contribution is 5.98. The maximum Gasteiger partial charge on any atom is 0.316 e. The minimum absolute atomic E-state index is 0.0302. The predicted octanol–water partition coefficient (Wildman–Crippen LogP) is 5.21. The molecule has 1 fully saturated rings. The van der Waals surface area contributed by atoms with Crippen molar-refractivity contribution in [3.8, 4) is 5.75 Å². The van der Waals surface area contributed by atoms with E-state index in [1.807, 2.05) is 43.9 Å². The summed E-state index contributed by atoms with van der Waals surface area (Å²) >= 11 is 0. The van der Waals surface area contributed by atoms with E-state index in [1.54, 1.807) is 12.1 Å². The number of hydrogen-bond donors (Lipinski definition) is 1. The molecular weight excluding hydrogens is 388 g/mol. The Labute approximate surface area is 183 Å². The third-order valence-corrected chi connectivity index (χ3v) is 5.92. The molecule has 0 spiro atoms. The summed E-state index contributed by atoms with van der Waals surface area (Å²) in [4.78, 5) is 30.3. The van der Waals surface area contributed by atoms with Gasteiger partial charge in [-0.2, -0.15) is 0 Å². The number of ether oxygens (including phenoxy) is 1. The standard InChI is InChI=1S/C26H30N2O3/c1-26(2,3)25(30)31-21-10-9-20-16-23(27-22(20)17-21)24(29)28-13-11-19(12-14-28)15-18-7-5-4-6-8-18/h4-10,16-17,19,27H,11-15H2,1-3H3. The Morgan fingerprint density at radius 1 is 1.03 bits per heavy atom. The number of piperidine rings is 1. The molecule has 0 radical (unpaired) electrons. The maximum atomic E-state index is 13.0. The van der Waals surface area contributed by atoms with Gasteiger partial charge < -0.3 is 14.6 Å². The van der Waals surface area contributed by atoms with Crippen LogP contribution >= 0.6 is 0 Å². The van der Waals surface area contributed by atoms with E-state index in [0.29, 0.717) is 17.4 Å². The monoisotopic (exact) mass is 418 g/mol. The number of rotatable bonds is 4. The van der Waals surface area contributed by atoms with Crippen molar-refractivity contribution < 1.29 is 14.3 Å². The lowest BCUT2D eigenvalue weighted by atomic mass is 9.90. The van der Waals surface area contributed by atoms with Crippen LogP contribution in [0.1, 0.15) is 49.7 Å². The normalized spacial score (nSPS) is 15.3. The van der Waals surface area contributed by atoms with Crippen LogP contribution in [0.3, 0.4) is 0 Å². The number of esters is 1. The summed E-state index contributed by atoms with van der Waals surface area (Å²) in [6.07, 6.45) is 3.12. The summed E-state index contributed by atoms with van der Waals surface area (Å²) in [5.41, 5.74) is 2.17. The van der Waals surface area contributed by atoms with Crippen molar-refractivity contribution in [3.63, 3.8) is 0 Å². The Hall–Kier alpha value is -3.08. The molecule has 0 aliphatic carbocycles. The van der Waals surface area contributed by atoms with E-state index in [4.69, 9.17) is 4.74 Å². The van der Waals surface area contributed by atoms with Gasteiger partial charge in [0.2, 0.25) is 0 Å². The second kappa shape index (κ2) is 8.58. The van der Waals surface area contributed by atoms with E-state index in [2.05, 4.69) is 29.2 Å². The summed E-state index contributed by atoms with van der Waals surface area (Å²) < 4.78 is 5.48. The highest BCUT2D eigenvalue weighted by atomic mass is 16.5. The van der Waals surface area contributed by atoms with Gasteiger partial charge in [0, 0.05) is 30.1 Å². The predicted molar refractivity (Wildman–Crippen MR) is 122 cm³/mol. The molecule has 5 heteroatoms. The molecule has 162 valence electrons. The van der Waals surface area contributed by atoms with Gasteiger partial charge in [-0.25, -0.2) is 0 Å². The largest absolute Gasteiger partial charge is 0.426 e. The van der Waals surface area contributed by atoms with Crippen LogP contribution in [-0.2, 0) is 11.2 Å². The van der Waals surface area contributed by atoms with Crippen molar-refractivity contribution in [1.82, 2.24) is 9.88 Å². The van der Waals surface area contributed by atoms with Gasteiger partial charge in [0.05, 0.1) is 5.41 Å². The molecule has 0 atom stereocenters. The summed E-state index contributed by atoms with van der Waals surface area (Å²) in [5.74, 6) is 0.847. The lowest BCUT2D eigenvalue weighted by Crippen LogP contribution is -2.39. The molecule has 4 rings (SSSR count). The molecule has 0 bridgehead atoms. The highest BCUT2D eigenvalue weighted by Crippen LogP contribution is 2.26. The molecule has 5 nitrogen and oxygen atoms in total. The highest BCUT2D eigenvalue weighted by Gasteiger charge is 2.26. The zero-order valence-electron chi connectivity index (χ0n) is 18.5. The van der Waals surface area contributed by atoms with Crippen LogP contribution in [0.2, 0.25) is 0 Å². The lowest BCUT2D eigenvalue weighted by Gasteiger charge is -2.31. The van der Waals surface area contributed by atoms with Gasteiger partial charge >= 0.3 is 5.97 Å². The molecule has 0 saturated carbocycles. The van der Waals surface area contributed by atoms with Crippen LogP contribution in [-0.4, -0.2) is 34.8 Å². The van der Waals surface area contributed by atoms with Crippen molar-refractivity contribution in [2.24, 2.45) is 11.3 Å². The zero-order valence-corrected chi connectivity index (χ0v) is 18.5. The molecular formula is C26H30N2O3. The maximum absolute atomic E-state index is 13.0. The Balaban J connectivity index is 1.39. The van der Waals surface area contributed by atoms with Crippen LogP contribution in [0.4, 0.5) is 0 Å². The van der Waals surface area contributed by atoms with E-state index >= 15 is 0 Å². The number of benzene rings is 2. The number of carbonyl (C=O) groups excluding carboxylic acids is 2. The Morgan fingerprint density at radius 2 is 1.74 bits per heavy atom. The first-order valence-electron chi connectivity index (χ1n) is 11.0. The van der Waals surface area contributed by atoms with Crippen molar-refractivity contribution >= 4 is 22.8 Å². The smallest absolute Gasteiger partial charge is 0.316 e. The van der Waals surface area contributed by atoms with Crippen molar-refractivity contribution in [1.29, 1.82) is 0 Å². The number of aromatic nitrogens is 1. The van der Waals surface area contributed by atoms with Gasteiger partial charge in [0.15, 0.2) is 0 Å². The second-order valence-corrected chi connectivity index (χ2v) is 9.50. The van der Waals surface area contributed by atoms with Crippen molar-refractivity contribution in [2.75, 3.05) is 13.1 Å². The Bertz CT molecular complexity index is 1070. The SMILES string of the molecule is CC(C)(C)C(=O)Oc1ccc2cc(C(=O)N3CCC(Cc4ccccc4)CC3)[nH]c2c1. The summed E-state index contributed by atoms with van der Waals surface area (Å²) in [7, 11) is 0. The lowest BCUT2D eigenvalue weighted by molar-refractivity contribution is -0.142. The third kappa shape index (κ3) is 4.98. The van der Waals surface area contributed by atoms with E-state index < -0.39 is 5.41 Å². The van der Waals surface area contributed by atoms with Gasteiger partial charge in [-0.1, -0.05) is 30.3 Å². The first-order valence-corrected chi connectivity index (χ1v) is 11.0. The summed E-state index contributed by atoms with van der Waals surface area (Å²) in [5, 5.41) is 0.929. The number of carbonyl (C=O) groups is 2. The van der Waals surface area contributed by atoms with E-state index in [-0.39, 0.29) is 11.9 Å². The molecule has 1 aliphatic heterocycles. The molecule has 1 aliphatic rings. The number of likely N-dealkylation sites (tertiary alicyclic amines) is 1. The van der Waals surface area contributed by atoms with Crippen LogP contribution < -0.4 is 4.74 Å². The van der Waals surface area contributed by atoms with Gasteiger partial charge in [-0.05, 0) is 69.7 Å². The first kappa shape index (κ1) is 21.2. The average Bonchev–Trinajstić information content (AvgIpc) is 3.17. The number of aromatic amines is 1. The number of nitrogens with one attached hydrogen (secondary N) is 1. The van der Waals surface area contributed by atoms with Gasteiger partial charge in [0.25, 0.3) is 5.91 Å². The van der Waals surface area contributed by atoms with Crippen LogP contribution in [0.25, 0.3) is 10.9 Å². The molecule has 2 heterocycles. The fourth-order valence-electron chi connectivity index (χ4n) is 4.00. The number of fused-ring (bicyclic) bond motifs is 1. The molecule has 1 N–H and O–H groups in total. The first-order chi connectivity index (χ1) is 14.8. The Kier molecular flexibility index (Phi) is 5.86. The molecule has 0 unspecified atom stereocenters. The number of hydrogen-bond acceptors (Lipinski definition) is 3. The molecule has 1 amide bonds. The number of nitrogens with zero attached hydrogens (tertiary/aromatic N) is 1. The van der Waals surface area contributed by atoms with E-state index in [1.165, 1.54) is 5.56 Å². The fourth-order valence-corrected chi connectivity index (χ4v) is 4.00. The summed E-state index contributed by atoms with van der Waals surface area (Å²) in [6, 6.07) is 17.9. The number of amides is 1. The second-order valence-electron chi connectivity index (χ2n) is 9.50. The van der Waals surface area contributed by atoms with Crippen molar-refractivity contribution in [3.05, 3.63) is 65.9 Å². The molecule has 1 aromatic heterocycles. The van der Waals surface area contributed by atoms with Gasteiger partial charge in [-0.3, -0.25) is 9.59 Å². The minimum atomic E-state index is -0.571. The quantitative estimate of drug-likeness (QED) is 0.467. The average molecular weight is 419 g/mol. The fraction of sp³-hybridized carbons (Fsp3) is 0.385. The third-order valence-electron chi connectivity index (χ3n) is 5.92. The van der Waals surface area contributed by atoms with Crippen molar-refractivity contribution in [2.45, 2.75) is 40.0 Å². The van der Waals surface area contributed by atoms with Gasteiger partial charge in [0.1, 0.15) is 11.4 Å². The molecule has 3 aromatic rings. The topological polar surface area (TPSA) is 62.4 Å². The van der Waals surface area contributed by atoms with E-state index in [0.717, 1.165) is 43.3 Å². The van der Waals surface area contributed by atoms with E-state index in [9.17, 15) is 9.59 Å². The van der Waals surface area contributed by atoms with Crippen LogP contribution in [0.15, 0.2) is 54.6 Å². The Morgan fingerprint density at radius 3 is 2.42 bits per heavy atom. The molecule has 1 saturated heterocycles. The molecule has 2 aromatic carbocycles. The summed E-state index contributed by atoms with van der Waals surface area (Å²) in [6.45, 7) is 7.02. The molecule has 31 heavy (non-hydrogen) atoms. The minimum Gasteiger partial charge on any atom is -0.426 e. The van der Waals surface area contributed by atoms with Crippen LogP contribution in [0, 0.1) is 11.3 Å². The van der Waals surface area contributed by atoms with Gasteiger partial charge in [-0.15, -0.1) is 0 Å². The number of H-pyrrole nitrogens is 1. The van der Waals surface area contributed by atoms with Crippen LogP contribution in [0.5, 0.6) is 5.75 Å².